The Morgan fingerprint density at radius 3 is 2.71 bits per heavy atom. The van der Waals surface area contributed by atoms with Crippen molar-refractivity contribution in [2.45, 2.75) is 38.0 Å². The van der Waals surface area contributed by atoms with Gasteiger partial charge in [0.15, 0.2) is 6.29 Å². The molecule has 198 valence electrons. The van der Waals surface area contributed by atoms with Crippen molar-refractivity contribution in [3.63, 3.8) is 0 Å². The number of hydrogen-bond acceptors (Lipinski definition) is 7. The molecule has 38 heavy (non-hydrogen) atoms. The number of carbonyl (C=O) groups is 1. The van der Waals surface area contributed by atoms with E-state index < -0.39 is 0 Å². The van der Waals surface area contributed by atoms with Crippen molar-refractivity contribution in [1.29, 1.82) is 0 Å². The van der Waals surface area contributed by atoms with Crippen LogP contribution in [0.3, 0.4) is 0 Å². The molecule has 0 unspecified atom stereocenters. The van der Waals surface area contributed by atoms with Gasteiger partial charge in [-0.2, -0.15) is 0 Å². The monoisotopic (exact) mass is 530 g/mol. The summed E-state index contributed by atoms with van der Waals surface area (Å²) in [5.41, 5.74) is 5.37. The maximum atomic E-state index is 12.7. The lowest BCUT2D eigenvalue weighted by Crippen LogP contribution is -2.39. The van der Waals surface area contributed by atoms with Gasteiger partial charge >= 0.3 is 0 Å². The molecule has 6 rings (SSSR count). The van der Waals surface area contributed by atoms with Crippen LogP contribution in [0.15, 0.2) is 48.5 Å². The first kappa shape index (κ1) is 25.2. The third kappa shape index (κ3) is 4.78. The second kappa shape index (κ2) is 10.6. The number of hydrogen-bond donors (Lipinski definition) is 2. The summed E-state index contributed by atoms with van der Waals surface area (Å²) >= 11 is 1.54. The number of anilines is 1. The van der Waals surface area contributed by atoms with E-state index in [9.17, 15) is 4.79 Å². The average molecular weight is 531 g/mol. The van der Waals surface area contributed by atoms with Crippen LogP contribution in [0.25, 0.3) is 32.2 Å². The van der Waals surface area contributed by atoms with Crippen molar-refractivity contribution in [1.82, 2.24) is 15.2 Å². The number of aromatic nitrogens is 1. The van der Waals surface area contributed by atoms with Gasteiger partial charge in [0.1, 0.15) is 4.88 Å². The molecule has 4 aromatic rings. The van der Waals surface area contributed by atoms with Crippen LogP contribution in [-0.2, 0) is 9.47 Å². The zero-order valence-corrected chi connectivity index (χ0v) is 22.9. The number of carbonyl (C=O) groups excluding carboxylic acids is 1. The molecule has 8 heteroatoms. The fourth-order valence-corrected chi connectivity index (χ4v) is 6.84. The average Bonchev–Trinajstić information content (AvgIpc) is 3.27. The first-order valence-corrected chi connectivity index (χ1v) is 14.1. The van der Waals surface area contributed by atoms with Crippen molar-refractivity contribution in [2.24, 2.45) is 0 Å². The maximum absolute atomic E-state index is 12.7. The first-order chi connectivity index (χ1) is 18.5. The van der Waals surface area contributed by atoms with Crippen LogP contribution in [0.4, 0.5) is 5.69 Å². The quantitative estimate of drug-likeness (QED) is 0.323. The van der Waals surface area contributed by atoms with Crippen molar-refractivity contribution in [3.05, 3.63) is 59.0 Å². The number of rotatable bonds is 6. The van der Waals surface area contributed by atoms with Crippen LogP contribution in [0, 0.1) is 0 Å². The fourth-order valence-electron chi connectivity index (χ4n) is 5.74. The number of piperidine rings is 1. The Hall–Kier alpha value is -3.04. The minimum Gasteiger partial charge on any atom is -0.381 e. The molecular formula is C30H34N4O3S. The largest absolute Gasteiger partial charge is 0.381 e. The Bertz CT molecular complexity index is 1470. The van der Waals surface area contributed by atoms with Gasteiger partial charge in [-0.15, -0.1) is 11.3 Å². The van der Waals surface area contributed by atoms with Gasteiger partial charge in [-0.1, -0.05) is 18.2 Å². The van der Waals surface area contributed by atoms with Gasteiger partial charge in [0.05, 0.1) is 16.9 Å². The Balaban J connectivity index is 1.26. The summed E-state index contributed by atoms with van der Waals surface area (Å²) in [5, 5.41) is 8.75. The zero-order chi connectivity index (χ0) is 26.2. The topological polar surface area (TPSA) is 75.7 Å². The highest BCUT2D eigenvalue weighted by atomic mass is 32.1. The number of fused-ring (bicyclic) bond motifs is 5. The third-order valence-corrected chi connectivity index (χ3v) is 9.02. The highest BCUT2D eigenvalue weighted by Gasteiger charge is 2.25. The molecule has 1 fully saturated rings. The van der Waals surface area contributed by atoms with Crippen LogP contribution in [0.5, 0.6) is 0 Å². The lowest BCUT2D eigenvalue weighted by Gasteiger charge is -2.33. The number of likely N-dealkylation sites (tertiary alicyclic amines) is 1. The molecule has 2 aliphatic heterocycles. The number of thiophene rings is 1. The van der Waals surface area contributed by atoms with Crippen LogP contribution in [0.2, 0.25) is 0 Å². The minimum atomic E-state index is -0.171. The summed E-state index contributed by atoms with van der Waals surface area (Å²) in [6.45, 7) is 5.61. The normalized spacial score (nSPS) is 18.9. The summed E-state index contributed by atoms with van der Waals surface area (Å²) in [7, 11) is 3.39. The molecular weight excluding hydrogens is 496 g/mol. The van der Waals surface area contributed by atoms with Crippen molar-refractivity contribution in [3.8, 4) is 11.3 Å². The predicted octanol–water partition coefficient (Wildman–Crippen LogP) is 5.46. The second-order valence-electron chi connectivity index (χ2n) is 10.4. The molecule has 0 saturated carbocycles. The lowest BCUT2D eigenvalue weighted by molar-refractivity contribution is -0.118. The zero-order valence-electron chi connectivity index (χ0n) is 22.1. The molecule has 0 radical (unpaired) electrons. The highest BCUT2D eigenvalue weighted by Crippen LogP contribution is 2.41. The molecule has 2 N–H and O–H groups in total. The van der Waals surface area contributed by atoms with Crippen molar-refractivity contribution in [2.75, 3.05) is 45.7 Å². The van der Waals surface area contributed by atoms with E-state index in [1.807, 2.05) is 6.92 Å². The van der Waals surface area contributed by atoms with E-state index in [0.717, 1.165) is 75.3 Å². The van der Waals surface area contributed by atoms with E-state index >= 15 is 0 Å². The summed E-state index contributed by atoms with van der Waals surface area (Å²) < 4.78 is 11.9. The smallest absolute Gasteiger partial charge is 0.263 e. The van der Waals surface area contributed by atoms with E-state index in [1.165, 1.54) is 5.56 Å². The van der Waals surface area contributed by atoms with Gasteiger partial charge in [-0.25, -0.2) is 4.98 Å². The number of ether oxygens (including phenoxy) is 2. The minimum absolute atomic E-state index is 0.00344. The number of methoxy groups -OCH3 is 2. The molecule has 7 nitrogen and oxygen atoms in total. The summed E-state index contributed by atoms with van der Waals surface area (Å²) in [6, 6.07) is 17.4. The Kier molecular flexibility index (Phi) is 7.05. The summed E-state index contributed by atoms with van der Waals surface area (Å²) in [4.78, 5) is 21.0. The molecule has 2 aromatic carbocycles. The van der Waals surface area contributed by atoms with Gasteiger partial charge in [-0.05, 0) is 74.7 Å². The molecule has 2 aromatic heterocycles. The van der Waals surface area contributed by atoms with Gasteiger partial charge in [-0.3, -0.25) is 9.69 Å². The third-order valence-electron chi connectivity index (χ3n) is 7.87. The molecule has 2 aliphatic rings. The van der Waals surface area contributed by atoms with Crippen LogP contribution < -0.4 is 10.6 Å². The van der Waals surface area contributed by atoms with Crippen LogP contribution >= 0.6 is 11.3 Å². The number of benzene rings is 2. The van der Waals surface area contributed by atoms with Crippen LogP contribution in [0.1, 0.15) is 40.9 Å². The molecule has 1 atom stereocenters. The Morgan fingerprint density at radius 2 is 1.92 bits per heavy atom. The van der Waals surface area contributed by atoms with Crippen molar-refractivity contribution >= 4 is 43.9 Å². The van der Waals surface area contributed by atoms with Gasteiger partial charge < -0.3 is 20.1 Å². The highest BCUT2D eigenvalue weighted by molar-refractivity contribution is 7.21. The van der Waals surface area contributed by atoms with E-state index in [1.54, 1.807) is 25.6 Å². The Morgan fingerprint density at radius 1 is 1.11 bits per heavy atom. The number of nitrogens with one attached hydrogen (secondary N) is 2. The molecule has 0 spiro atoms. The Labute approximate surface area is 227 Å². The van der Waals surface area contributed by atoms with E-state index in [0.29, 0.717) is 12.5 Å². The number of amides is 1. The van der Waals surface area contributed by atoms with E-state index in [-0.39, 0.29) is 18.2 Å². The summed E-state index contributed by atoms with van der Waals surface area (Å²) in [5.74, 6) is 0.534. The molecule has 4 heterocycles. The second-order valence-corrected chi connectivity index (χ2v) is 11.4. The van der Waals surface area contributed by atoms with E-state index in [4.69, 9.17) is 14.5 Å². The molecule has 1 saturated heterocycles. The summed E-state index contributed by atoms with van der Waals surface area (Å²) in [6.07, 6.45) is 2.07. The molecule has 1 amide bonds. The maximum Gasteiger partial charge on any atom is 0.263 e. The fraction of sp³-hybridized carbons (Fsp3) is 0.400. The number of pyridine rings is 1. The lowest BCUT2D eigenvalue weighted by atomic mass is 9.88. The molecule has 0 aliphatic carbocycles. The van der Waals surface area contributed by atoms with Crippen molar-refractivity contribution < 1.29 is 14.3 Å². The van der Waals surface area contributed by atoms with Gasteiger partial charge in [0.2, 0.25) is 0 Å². The molecule has 0 bridgehead atoms. The van der Waals surface area contributed by atoms with Crippen LogP contribution in [-0.4, -0.2) is 68.5 Å². The SMILES string of the molecule is COC(CN1CCC(c2cccc(-c3ccc4c(ccc5sc6c(c54)NC[C@@H](C)NC6=O)n3)c2)CC1)OC. The van der Waals surface area contributed by atoms with Gasteiger partial charge in [0.25, 0.3) is 5.91 Å². The number of nitrogens with zero attached hydrogens (tertiary/aromatic N) is 2. The van der Waals surface area contributed by atoms with E-state index in [2.05, 4.69) is 64.1 Å². The standard InChI is InChI=1S/C30H34N4O3S/c1-18-16-31-28-27-22-7-8-23(33-24(22)9-10-25(27)38-29(28)30(35)32-18)21-6-4-5-20(15-21)19-11-13-34(14-12-19)17-26(36-2)37-3/h4-10,15,18-19,26,31H,11-14,16-17H2,1-3H3,(H,32,35)/t18-/m1/s1. The first-order valence-electron chi connectivity index (χ1n) is 13.3. The predicted molar refractivity (Wildman–Crippen MR) is 154 cm³/mol. The van der Waals surface area contributed by atoms with Gasteiger partial charge in [0, 0.05) is 54.4 Å².